The third-order valence-corrected chi connectivity index (χ3v) is 2.77. The predicted molar refractivity (Wildman–Crippen MR) is 75.6 cm³/mol. The molecule has 8 heteroatoms. The monoisotopic (exact) mass is 311 g/mol. The molecule has 2 rings (SSSR count). The molecule has 1 atom stereocenters. The maximum atomic E-state index is 12.0. The van der Waals surface area contributed by atoms with E-state index in [0.29, 0.717) is 5.56 Å². The van der Waals surface area contributed by atoms with Crippen LogP contribution in [0.2, 0.25) is 0 Å². The second-order valence-corrected chi connectivity index (χ2v) is 4.25. The SMILES string of the molecule is Cc1noc([C@@H](C)NC(=O)c2cccnc2)c1C(=O)O.Cl. The van der Waals surface area contributed by atoms with Crippen LogP contribution in [0.25, 0.3) is 0 Å². The number of hydrogen-bond acceptors (Lipinski definition) is 5. The molecule has 2 heterocycles. The van der Waals surface area contributed by atoms with Crippen molar-refractivity contribution in [3.63, 3.8) is 0 Å². The summed E-state index contributed by atoms with van der Waals surface area (Å²) in [7, 11) is 0. The van der Waals surface area contributed by atoms with Gasteiger partial charge in [-0.2, -0.15) is 0 Å². The molecule has 0 saturated heterocycles. The van der Waals surface area contributed by atoms with Crippen molar-refractivity contribution in [1.82, 2.24) is 15.5 Å². The van der Waals surface area contributed by atoms with Crippen LogP contribution in [0.15, 0.2) is 29.0 Å². The van der Waals surface area contributed by atoms with Crippen molar-refractivity contribution in [2.45, 2.75) is 19.9 Å². The molecule has 0 fully saturated rings. The number of carboxylic acid groups (broad SMARTS) is 1. The molecule has 0 unspecified atom stereocenters. The maximum absolute atomic E-state index is 12.0. The van der Waals surface area contributed by atoms with Gasteiger partial charge < -0.3 is 14.9 Å². The van der Waals surface area contributed by atoms with Crippen LogP contribution in [-0.2, 0) is 0 Å². The molecule has 112 valence electrons. The summed E-state index contributed by atoms with van der Waals surface area (Å²) in [5, 5.41) is 15.4. The summed E-state index contributed by atoms with van der Waals surface area (Å²) in [4.78, 5) is 26.9. The molecule has 0 spiro atoms. The third kappa shape index (κ3) is 3.57. The fourth-order valence-corrected chi connectivity index (χ4v) is 1.79. The minimum Gasteiger partial charge on any atom is -0.477 e. The smallest absolute Gasteiger partial charge is 0.341 e. The molecule has 21 heavy (non-hydrogen) atoms. The lowest BCUT2D eigenvalue weighted by atomic mass is 10.1. The number of carbonyl (C=O) groups excluding carboxylic acids is 1. The van der Waals surface area contributed by atoms with Crippen LogP contribution in [0.3, 0.4) is 0 Å². The molecule has 0 radical (unpaired) electrons. The van der Waals surface area contributed by atoms with Crippen molar-refractivity contribution in [2.24, 2.45) is 0 Å². The molecule has 1 amide bonds. The molecule has 2 aromatic rings. The van der Waals surface area contributed by atoms with E-state index in [1.807, 2.05) is 0 Å². The molecule has 0 aliphatic heterocycles. The second-order valence-electron chi connectivity index (χ2n) is 4.25. The number of pyridine rings is 1. The Bertz CT molecular complexity index is 642. The first-order chi connectivity index (χ1) is 9.50. The van der Waals surface area contributed by atoms with Crippen molar-refractivity contribution in [3.8, 4) is 0 Å². The molecule has 0 aliphatic rings. The lowest BCUT2D eigenvalue weighted by Crippen LogP contribution is -2.27. The molecule has 2 aromatic heterocycles. The van der Waals surface area contributed by atoms with E-state index < -0.39 is 12.0 Å². The molecular weight excluding hydrogens is 298 g/mol. The van der Waals surface area contributed by atoms with E-state index in [0.717, 1.165) is 0 Å². The van der Waals surface area contributed by atoms with E-state index in [-0.39, 0.29) is 35.3 Å². The van der Waals surface area contributed by atoms with Crippen molar-refractivity contribution in [2.75, 3.05) is 0 Å². The quantitative estimate of drug-likeness (QED) is 0.894. The van der Waals surface area contributed by atoms with Crippen LogP contribution in [0.5, 0.6) is 0 Å². The Hall–Kier alpha value is -2.41. The summed E-state index contributed by atoms with van der Waals surface area (Å²) >= 11 is 0. The van der Waals surface area contributed by atoms with Crippen LogP contribution in [-0.4, -0.2) is 27.1 Å². The molecule has 0 saturated carbocycles. The Morgan fingerprint density at radius 2 is 2.14 bits per heavy atom. The van der Waals surface area contributed by atoms with E-state index in [1.54, 1.807) is 25.3 Å². The number of halogens is 1. The second kappa shape index (κ2) is 6.85. The van der Waals surface area contributed by atoms with Gasteiger partial charge in [-0.1, -0.05) is 5.16 Å². The van der Waals surface area contributed by atoms with Crippen LogP contribution in [0.1, 0.15) is 45.1 Å². The molecule has 2 N–H and O–H groups in total. The number of rotatable bonds is 4. The Balaban J connectivity index is 0.00000220. The first kappa shape index (κ1) is 16.6. The van der Waals surface area contributed by atoms with Gasteiger partial charge in [0.05, 0.1) is 17.3 Å². The highest BCUT2D eigenvalue weighted by Crippen LogP contribution is 2.21. The Morgan fingerprint density at radius 1 is 1.43 bits per heavy atom. The number of aromatic carboxylic acids is 1. The lowest BCUT2D eigenvalue weighted by molar-refractivity contribution is 0.0690. The molecule has 0 bridgehead atoms. The predicted octanol–water partition coefficient (Wildman–Crippen LogP) is 1.99. The van der Waals surface area contributed by atoms with Gasteiger partial charge in [0.2, 0.25) is 0 Å². The number of hydrogen-bond donors (Lipinski definition) is 2. The van der Waals surface area contributed by atoms with E-state index in [9.17, 15) is 9.59 Å². The fraction of sp³-hybridized carbons (Fsp3) is 0.231. The largest absolute Gasteiger partial charge is 0.477 e. The summed E-state index contributed by atoms with van der Waals surface area (Å²) in [6.45, 7) is 3.16. The summed E-state index contributed by atoms with van der Waals surface area (Å²) < 4.78 is 4.99. The van der Waals surface area contributed by atoms with Gasteiger partial charge in [0.1, 0.15) is 5.56 Å². The van der Waals surface area contributed by atoms with E-state index >= 15 is 0 Å². The van der Waals surface area contributed by atoms with Gasteiger partial charge in [-0.05, 0) is 26.0 Å². The first-order valence-corrected chi connectivity index (χ1v) is 5.91. The minimum atomic E-state index is -1.14. The zero-order chi connectivity index (χ0) is 14.7. The highest BCUT2D eigenvalue weighted by atomic mass is 35.5. The summed E-state index contributed by atoms with van der Waals surface area (Å²) in [5.41, 5.74) is 0.631. The van der Waals surface area contributed by atoms with E-state index in [2.05, 4.69) is 15.5 Å². The van der Waals surface area contributed by atoms with Gasteiger partial charge in [0.15, 0.2) is 5.76 Å². The minimum absolute atomic E-state index is 0. The first-order valence-electron chi connectivity index (χ1n) is 5.91. The van der Waals surface area contributed by atoms with E-state index in [4.69, 9.17) is 9.63 Å². The average Bonchev–Trinajstić information content (AvgIpc) is 2.81. The molecular formula is C13H14ClN3O4. The van der Waals surface area contributed by atoms with Crippen molar-refractivity contribution < 1.29 is 19.2 Å². The van der Waals surface area contributed by atoms with Gasteiger partial charge in [0, 0.05) is 12.4 Å². The topological polar surface area (TPSA) is 105 Å². The van der Waals surface area contributed by atoms with Crippen molar-refractivity contribution in [3.05, 3.63) is 47.1 Å². The van der Waals surface area contributed by atoms with Crippen LogP contribution in [0.4, 0.5) is 0 Å². The highest BCUT2D eigenvalue weighted by Gasteiger charge is 2.25. The molecule has 0 aromatic carbocycles. The highest BCUT2D eigenvalue weighted by molar-refractivity contribution is 5.94. The summed E-state index contributed by atoms with van der Waals surface area (Å²) in [6, 6.07) is 2.63. The van der Waals surface area contributed by atoms with Gasteiger partial charge in [-0.25, -0.2) is 4.79 Å². The molecule has 7 nitrogen and oxygen atoms in total. The van der Waals surface area contributed by atoms with Crippen LogP contribution < -0.4 is 5.32 Å². The summed E-state index contributed by atoms with van der Waals surface area (Å²) in [6.07, 6.45) is 2.98. The Morgan fingerprint density at radius 3 is 2.71 bits per heavy atom. The number of nitrogens with zero attached hydrogens (tertiary/aromatic N) is 2. The number of aromatic nitrogens is 2. The number of aryl methyl sites for hydroxylation is 1. The fourth-order valence-electron chi connectivity index (χ4n) is 1.79. The lowest BCUT2D eigenvalue weighted by Gasteiger charge is -2.11. The number of carboxylic acids is 1. The Labute approximate surface area is 126 Å². The average molecular weight is 312 g/mol. The van der Waals surface area contributed by atoms with Crippen LogP contribution >= 0.6 is 12.4 Å². The zero-order valence-electron chi connectivity index (χ0n) is 11.4. The molecule has 0 aliphatic carbocycles. The number of nitrogens with one attached hydrogen (secondary N) is 1. The van der Waals surface area contributed by atoms with Gasteiger partial charge >= 0.3 is 5.97 Å². The zero-order valence-corrected chi connectivity index (χ0v) is 12.2. The van der Waals surface area contributed by atoms with Gasteiger partial charge in [0.25, 0.3) is 5.91 Å². The van der Waals surface area contributed by atoms with Crippen molar-refractivity contribution in [1.29, 1.82) is 0 Å². The van der Waals surface area contributed by atoms with Gasteiger partial charge in [-0.3, -0.25) is 9.78 Å². The van der Waals surface area contributed by atoms with E-state index in [1.165, 1.54) is 13.1 Å². The maximum Gasteiger partial charge on any atom is 0.341 e. The Kier molecular flexibility index (Phi) is 5.43. The number of carbonyl (C=O) groups is 2. The van der Waals surface area contributed by atoms with Crippen LogP contribution in [0, 0.1) is 6.92 Å². The van der Waals surface area contributed by atoms with Gasteiger partial charge in [-0.15, -0.1) is 12.4 Å². The number of amides is 1. The summed E-state index contributed by atoms with van der Waals surface area (Å²) in [5.74, 6) is -1.38. The third-order valence-electron chi connectivity index (χ3n) is 2.77. The van der Waals surface area contributed by atoms with Crippen molar-refractivity contribution >= 4 is 24.3 Å². The normalized spacial score (nSPS) is 11.3. The standard InChI is InChI=1S/C13H13N3O4.ClH/c1-7-10(13(18)19)11(20-16-7)8(2)15-12(17)9-4-3-5-14-6-9;/h3-6,8H,1-2H3,(H,15,17)(H,18,19);1H/t8-;/m1./s1.